The Kier molecular flexibility index (Phi) is 4.59. The summed E-state index contributed by atoms with van der Waals surface area (Å²) in [7, 11) is 0. The number of halogens is 1. The van der Waals surface area contributed by atoms with Crippen LogP contribution in [0.1, 0.15) is 6.92 Å². The van der Waals surface area contributed by atoms with Crippen molar-refractivity contribution < 1.29 is 14.7 Å². The fourth-order valence-corrected chi connectivity index (χ4v) is 5.11. The minimum absolute atomic E-state index is 0.269. The van der Waals surface area contributed by atoms with Gasteiger partial charge >= 0.3 is 5.97 Å². The number of amides is 1. The molecule has 23 heavy (non-hydrogen) atoms. The summed E-state index contributed by atoms with van der Waals surface area (Å²) in [6.07, 6.45) is 0. The molecule has 0 saturated carbocycles. The lowest BCUT2D eigenvalue weighted by molar-refractivity contribution is -0.140. The average Bonchev–Trinajstić information content (AvgIpc) is 2.98. The van der Waals surface area contributed by atoms with Crippen molar-refractivity contribution in [1.29, 1.82) is 0 Å². The molecule has 0 aliphatic carbocycles. The number of thioether (sulfide) groups is 2. The lowest BCUT2D eigenvalue weighted by Crippen LogP contribution is -2.33. The van der Waals surface area contributed by atoms with E-state index >= 15 is 0 Å². The summed E-state index contributed by atoms with van der Waals surface area (Å²) in [5.41, 5.74) is 0.948. The molecule has 2 heterocycles. The van der Waals surface area contributed by atoms with E-state index in [9.17, 15) is 9.59 Å². The van der Waals surface area contributed by atoms with Crippen molar-refractivity contribution in [1.82, 2.24) is 4.90 Å². The SMILES string of the molecule is CCN1/C(=C2\SC(=S)N(CC(=O)O)C2=O)Sc2ccc(Cl)cc21. The first kappa shape index (κ1) is 16.6. The summed E-state index contributed by atoms with van der Waals surface area (Å²) < 4.78 is 0.269. The van der Waals surface area contributed by atoms with E-state index in [1.54, 1.807) is 6.07 Å². The smallest absolute Gasteiger partial charge is 0.323 e. The molecule has 2 aliphatic heterocycles. The second-order valence-corrected chi connectivity index (χ2v) is 7.86. The molecule has 1 aromatic rings. The van der Waals surface area contributed by atoms with Crippen molar-refractivity contribution in [3.8, 4) is 0 Å². The van der Waals surface area contributed by atoms with Crippen molar-refractivity contribution in [3.63, 3.8) is 0 Å². The van der Waals surface area contributed by atoms with Crippen LogP contribution in [-0.4, -0.2) is 39.3 Å². The number of thiocarbonyl (C=S) groups is 1. The van der Waals surface area contributed by atoms with E-state index in [1.165, 1.54) is 11.8 Å². The number of nitrogens with zero attached hydrogens (tertiary/aromatic N) is 2. The Morgan fingerprint density at radius 3 is 2.74 bits per heavy atom. The first-order valence-electron chi connectivity index (χ1n) is 6.67. The predicted octanol–water partition coefficient (Wildman–Crippen LogP) is 3.39. The lowest BCUT2D eigenvalue weighted by Gasteiger charge is -2.19. The maximum absolute atomic E-state index is 12.5. The van der Waals surface area contributed by atoms with Crippen LogP contribution in [0.25, 0.3) is 0 Å². The zero-order valence-corrected chi connectivity index (χ0v) is 15.1. The van der Waals surface area contributed by atoms with Gasteiger partial charge in [0.1, 0.15) is 20.8 Å². The molecule has 1 N–H and O–H groups in total. The summed E-state index contributed by atoms with van der Waals surface area (Å²) >= 11 is 13.8. The minimum atomic E-state index is -1.09. The normalized spacial score (nSPS) is 20.4. The Morgan fingerprint density at radius 2 is 2.09 bits per heavy atom. The van der Waals surface area contributed by atoms with Crippen molar-refractivity contribution in [2.24, 2.45) is 0 Å². The third-order valence-corrected chi connectivity index (χ3v) is 6.30. The molecule has 0 aromatic heterocycles. The van der Waals surface area contributed by atoms with Crippen LogP contribution in [0.15, 0.2) is 33.0 Å². The number of carboxylic acids is 1. The number of carbonyl (C=O) groups excluding carboxylic acids is 1. The Labute approximate surface area is 151 Å². The fourth-order valence-electron chi connectivity index (χ4n) is 2.34. The highest BCUT2D eigenvalue weighted by molar-refractivity contribution is 8.27. The molecule has 0 spiro atoms. The number of benzene rings is 1. The van der Waals surface area contributed by atoms with E-state index in [4.69, 9.17) is 28.9 Å². The van der Waals surface area contributed by atoms with Gasteiger partial charge in [0.05, 0.1) is 5.69 Å². The summed E-state index contributed by atoms with van der Waals surface area (Å²) in [5, 5.41) is 10.3. The van der Waals surface area contributed by atoms with Crippen molar-refractivity contribution in [2.45, 2.75) is 11.8 Å². The zero-order chi connectivity index (χ0) is 16.7. The van der Waals surface area contributed by atoms with Gasteiger partial charge < -0.3 is 10.0 Å². The third-order valence-electron chi connectivity index (χ3n) is 3.32. The number of aliphatic carboxylic acids is 1. The first-order valence-corrected chi connectivity index (χ1v) is 9.09. The summed E-state index contributed by atoms with van der Waals surface area (Å²) in [5.74, 6) is -1.45. The number of carboxylic acid groups (broad SMARTS) is 1. The summed E-state index contributed by atoms with van der Waals surface area (Å²) in [4.78, 5) is 28.0. The highest BCUT2D eigenvalue weighted by Gasteiger charge is 2.39. The van der Waals surface area contributed by atoms with E-state index in [-0.39, 0.29) is 10.2 Å². The van der Waals surface area contributed by atoms with Gasteiger partial charge in [-0.25, -0.2) is 0 Å². The van der Waals surface area contributed by atoms with Crippen molar-refractivity contribution in [2.75, 3.05) is 18.0 Å². The number of fused-ring (bicyclic) bond motifs is 1. The van der Waals surface area contributed by atoms with Gasteiger partial charge in [0.2, 0.25) is 0 Å². The van der Waals surface area contributed by atoms with Gasteiger partial charge in [0.15, 0.2) is 0 Å². The lowest BCUT2D eigenvalue weighted by atomic mass is 10.3. The monoisotopic (exact) mass is 386 g/mol. The van der Waals surface area contributed by atoms with Crippen LogP contribution >= 0.6 is 47.3 Å². The molecule has 2 aliphatic rings. The largest absolute Gasteiger partial charge is 0.480 e. The molecule has 1 amide bonds. The van der Waals surface area contributed by atoms with E-state index in [0.717, 1.165) is 32.3 Å². The van der Waals surface area contributed by atoms with Gasteiger partial charge in [0.25, 0.3) is 5.91 Å². The number of anilines is 1. The standard InChI is InChI=1S/C14H11ClN2O3S3/c1-2-16-8-5-7(15)3-4-9(8)22-13(16)11-12(20)17(6-10(18)19)14(21)23-11/h3-5H,2,6H2,1H3,(H,18,19)/b13-11+. The second kappa shape index (κ2) is 6.35. The average molecular weight is 387 g/mol. The van der Waals surface area contributed by atoms with Gasteiger partial charge in [-0.05, 0) is 25.1 Å². The van der Waals surface area contributed by atoms with Gasteiger partial charge in [0, 0.05) is 16.5 Å². The van der Waals surface area contributed by atoms with Gasteiger partial charge in [-0.2, -0.15) is 0 Å². The molecule has 0 atom stereocenters. The Balaban J connectivity index is 2.01. The minimum Gasteiger partial charge on any atom is -0.480 e. The number of carbonyl (C=O) groups is 2. The molecule has 120 valence electrons. The van der Waals surface area contributed by atoms with E-state index < -0.39 is 12.5 Å². The van der Waals surface area contributed by atoms with E-state index in [2.05, 4.69) is 0 Å². The molecule has 9 heteroatoms. The highest BCUT2D eigenvalue weighted by Crippen LogP contribution is 2.51. The molecular weight excluding hydrogens is 376 g/mol. The Hall–Kier alpha value is -1.22. The zero-order valence-electron chi connectivity index (χ0n) is 11.9. The van der Waals surface area contributed by atoms with E-state index in [0.29, 0.717) is 16.5 Å². The Bertz CT molecular complexity index is 766. The van der Waals surface area contributed by atoms with Gasteiger partial charge in [-0.3, -0.25) is 14.5 Å². The van der Waals surface area contributed by atoms with Crippen LogP contribution in [0.2, 0.25) is 5.02 Å². The number of rotatable bonds is 3. The topological polar surface area (TPSA) is 60.9 Å². The highest BCUT2D eigenvalue weighted by atomic mass is 35.5. The quantitative estimate of drug-likeness (QED) is 0.631. The maximum atomic E-state index is 12.5. The second-order valence-electron chi connectivity index (χ2n) is 4.75. The Morgan fingerprint density at radius 1 is 1.35 bits per heavy atom. The summed E-state index contributed by atoms with van der Waals surface area (Å²) in [6.45, 7) is 2.23. The molecule has 1 aromatic carbocycles. The van der Waals surface area contributed by atoms with E-state index in [1.807, 2.05) is 24.0 Å². The molecule has 1 saturated heterocycles. The molecule has 3 rings (SSSR count). The van der Waals surface area contributed by atoms with Gasteiger partial charge in [-0.1, -0.05) is 47.3 Å². The molecular formula is C14H11ClN2O3S3. The van der Waals surface area contributed by atoms with Gasteiger partial charge in [-0.15, -0.1) is 0 Å². The van der Waals surface area contributed by atoms with Crippen LogP contribution in [0.3, 0.4) is 0 Å². The van der Waals surface area contributed by atoms with Crippen LogP contribution in [0.5, 0.6) is 0 Å². The predicted molar refractivity (Wildman–Crippen MR) is 96.9 cm³/mol. The molecule has 1 fully saturated rings. The van der Waals surface area contributed by atoms with Crippen LogP contribution in [-0.2, 0) is 9.59 Å². The number of hydrogen-bond donors (Lipinski definition) is 1. The summed E-state index contributed by atoms with van der Waals surface area (Å²) in [6, 6.07) is 5.58. The van der Waals surface area contributed by atoms with Crippen molar-refractivity contribution >= 4 is 69.2 Å². The number of hydrogen-bond acceptors (Lipinski definition) is 6. The third kappa shape index (κ3) is 2.96. The van der Waals surface area contributed by atoms with Crippen molar-refractivity contribution in [3.05, 3.63) is 33.2 Å². The fraction of sp³-hybridized carbons (Fsp3) is 0.214. The van der Waals surface area contributed by atoms with Crippen LogP contribution < -0.4 is 4.90 Å². The molecule has 0 unspecified atom stereocenters. The van der Waals surface area contributed by atoms with Crippen LogP contribution in [0, 0.1) is 0 Å². The molecule has 5 nitrogen and oxygen atoms in total. The maximum Gasteiger partial charge on any atom is 0.323 e. The first-order chi connectivity index (χ1) is 10.9. The molecule has 0 radical (unpaired) electrons. The van der Waals surface area contributed by atoms with Crippen LogP contribution in [0.4, 0.5) is 5.69 Å². The molecule has 0 bridgehead atoms.